The smallest absolute Gasteiger partial charge is 0.163 e. The molecule has 6 rings (SSSR count). The van der Waals surface area contributed by atoms with Gasteiger partial charge in [-0.1, -0.05) is 36.4 Å². The zero-order valence-corrected chi connectivity index (χ0v) is 13.0. The number of fused-ring (bicyclic) bond motifs is 1. The zero-order chi connectivity index (χ0) is 15.9. The second kappa shape index (κ2) is 4.08. The molecule has 3 aliphatic carbocycles. The lowest BCUT2D eigenvalue weighted by molar-refractivity contribution is -0.146. The highest BCUT2D eigenvalue weighted by atomic mass is 16.8. The van der Waals surface area contributed by atoms with Crippen molar-refractivity contribution < 1.29 is 19.7 Å². The molecule has 4 unspecified atom stereocenters. The molecule has 4 heteroatoms. The van der Waals surface area contributed by atoms with Gasteiger partial charge in [-0.05, 0) is 13.8 Å². The van der Waals surface area contributed by atoms with Crippen molar-refractivity contribution in [2.45, 2.75) is 43.7 Å². The van der Waals surface area contributed by atoms with E-state index in [0.29, 0.717) is 10.8 Å². The molecule has 4 atom stereocenters. The van der Waals surface area contributed by atoms with Gasteiger partial charge in [0.25, 0.3) is 0 Å². The number of hydrogen-bond donors (Lipinski definition) is 2. The van der Waals surface area contributed by atoms with Crippen molar-refractivity contribution in [1.29, 1.82) is 0 Å². The van der Waals surface area contributed by atoms with Gasteiger partial charge in [0.15, 0.2) is 5.79 Å². The van der Waals surface area contributed by atoms with Crippen LogP contribution in [0.3, 0.4) is 0 Å². The maximum atomic E-state index is 10.9. The Hall–Kier alpha value is -2.04. The van der Waals surface area contributed by atoms with Crippen LogP contribution >= 0.6 is 0 Å². The molecule has 1 aliphatic heterocycles. The summed E-state index contributed by atoms with van der Waals surface area (Å²) in [5.41, 5.74) is 1.58. The molecular formula is C19H18O4. The van der Waals surface area contributed by atoms with Crippen LogP contribution in [0.2, 0.25) is 0 Å². The van der Waals surface area contributed by atoms with Crippen LogP contribution in [-0.2, 0) is 9.47 Å². The van der Waals surface area contributed by atoms with Gasteiger partial charge in [-0.3, -0.25) is 0 Å². The molecule has 2 aromatic rings. The third kappa shape index (κ3) is 1.57. The van der Waals surface area contributed by atoms with Crippen molar-refractivity contribution in [2.24, 2.45) is 0 Å². The molecule has 23 heavy (non-hydrogen) atoms. The Morgan fingerprint density at radius 3 is 1.70 bits per heavy atom. The molecular weight excluding hydrogens is 292 g/mol. The fourth-order valence-corrected chi connectivity index (χ4v) is 4.47. The van der Waals surface area contributed by atoms with E-state index in [4.69, 9.17) is 9.47 Å². The highest BCUT2D eigenvalue weighted by Gasteiger charge is 2.55. The van der Waals surface area contributed by atoms with Crippen molar-refractivity contribution >= 4 is 10.8 Å². The van der Waals surface area contributed by atoms with Crippen LogP contribution in [0.15, 0.2) is 36.4 Å². The van der Waals surface area contributed by atoms with Gasteiger partial charge in [0.05, 0.1) is 12.2 Å². The number of ether oxygens (including phenoxy) is 2. The van der Waals surface area contributed by atoms with Crippen LogP contribution < -0.4 is 0 Å². The highest BCUT2D eigenvalue weighted by Crippen LogP contribution is 2.58. The Morgan fingerprint density at radius 2 is 1.26 bits per heavy atom. The molecule has 1 saturated heterocycles. The van der Waals surface area contributed by atoms with Gasteiger partial charge in [-0.2, -0.15) is 0 Å². The molecule has 2 aromatic carbocycles. The van der Waals surface area contributed by atoms with Crippen molar-refractivity contribution in [3.05, 3.63) is 47.5 Å². The van der Waals surface area contributed by atoms with Crippen LogP contribution in [0, 0.1) is 0 Å². The van der Waals surface area contributed by atoms with Gasteiger partial charge in [-0.15, -0.1) is 0 Å². The summed E-state index contributed by atoms with van der Waals surface area (Å²) in [6.07, 6.45) is 3.90. The van der Waals surface area contributed by atoms with E-state index in [0.717, 1.165) is 11.1 Å². The maximum Gasteiger partial charge on any atom is 0.163 e. The summed E-state index contributed by atoms with van der Waals surface area (Å²) in [6.45, 7) is 3.82. The standard InChI is InChI=1S/C19H18O4/c1-19(2)22-17-11-7-8-12(18(17)23-19)14-13(11)15(20)9-5-3-4-6-10(9)16(14)21/h3-8,11-12,17-18,20-21H,1-2H3. The minimum atomic E-state index is -0.648. The first kappa shape index (κ1) is 13.4. The fraction of sp³-hybridized carbons (Fsp3) is 0.368. The molecule has 1 fully saturated rings. The third-order valence-electron chi connectivity index (χ3n) is 5.30. The van der Waals surface area contributed by atoms with Gasteiger partial charge in [0.1, 0.15) is 11.5 Å². The molecule has 4 aliphatic rings. The van der Waals surface area contributed by atoms with E-state index in [-0.39, 0.29) is 35.5 Å². The van der Waals surface area contributed by atoms with Crippen LogP contribution in [0.25, 0.3) is 10.8 Å². The monoisotopic (exact) mass is 310 g/mol. The minimum Gasteiger partial charge on any atom is -0.507 e. The van der Waals surface area contributed by atoms with Crippen molar-refractivity contribution in [1.82, 2.24) is 0 Å². The second-order valence-corrected chi connectivity index (χ2v) is 7.07. The first-order valence-electron chi connectivity index (χ1n) is 7.98. The summed E-state index contributed by atoms with van der Waals surface area (Å²) in [4.78, 5) is 0. The number of phenols is 2. The zero-order valence-electron chi connectivity index (χ0n) is 13.0. The molecule has 118 valence electrons. The van der Waals surface area contributed by atoms with E-state index in [2.05, 4.69) is 12.2 Å². The second-order valence-electron chi connectivity index (χ2n) is 7.07. The number of hydrogen-bond acceptors (Lipinski definition) is 4. The number of benzene rings is 2. The van der Waals surface area contributed by atoms with Crippen LogP contribution in [0.4, 0.5) is 0 Å². The van der Waals surface area contributed by atoms with E-state index >= 15 is 0 Å². The lowest BCUT2D eigenvalue weighted by Gasteiger charge is -2.41. The largest absolute Gasteiger partial charge is 0.507 e. The lowest BCUT2D eigenvalue weighted by atomic mass is 9.67. The minimum absolute atomic E-state index is 0.0997. The SMILES string of the molecule is CC1(C)OC2C3C=CC(c4c3c(O)c3ccccc3c4O)C2O1. The quantitative estimate of drug-likeness (QED) is 0.577. The van der Waals surface area contributed by atoms with Gasteiger partial charge in [-0.25, -0.2) is 0 Å². The summed E-state index contributed by atoms with van der Waals surface area (Å²) in [7, 11) is 0. The molecule has 2 N–H and O–H groups in total. The van der Waals surface area contributed by atoms with E-state index in [9.17, 15) is 10.2 Å². The van der Waals surface area contributed by atoms with Gasteiger partial charge in [0, 0.05) is 33.7 Å². The lowest BCUT2D eigenvalue weighted by Crippen LogP contribution is -2.41. The Morgan fingerprint density at radius 1 is 0.826 bits per heavy atom. The summed E-state index contributed by atoms with van der Waals surface area (Å²) >= 11 is 0. The molecule has 0 saturated carbocycles. The number of aromatic hydroxyl groups is 2. The van der Waals surface area contributed by atoms with Crippen LogP contribution in [0.1, 0.15) is 36.8 Å². The molecule has 0 spiro atoms. The Kier molecular flexibility index (Phi) is 2.37. The fourth-order valence-electron chi connectivity index (χ4n) is 4.47. The van der Waals surface area contributed by atoms with E-state index in [1.54, 1.807) is 0 Å². The van der Waals surface area contributed by atoms with Crippen LogP contribution in [-0.4, -0.2) is 28.2 Å². The van der Waals surface area contributed by atoms with Crippen molar-refractivity contribution in [3.8, 4) is 11.5 Å². The third-order valence-corrected chi connectivity index (χ3v) is 5.30. The summed E-state index contributed by atoms with van der Waals surface area (Å²) in [6, 6.07) is 7.41. The van der Waals surface area contributed by atoms with Gasteiger partial charge < -0.3 is 19.7 Å². The number of rotatable bonds is 0. The predicted molar refractivity (Wildman–Crippen MR) is 85.7 cm³/mol. The topological polar surface area (TPSA) is 58.9 Å². The first-order valence-corrected chi connectivity index (χ1v) is 7.98. The van der Waals surface area contributed by atoms with Crippen molar-refractivity contribution in [3.63, 3.8) is 0 Å². The Labute approximate surface area is 134 Å². The van der Waals surface area contributed by atoms with E-state index in [1.807, 2.05) is 38.1 Å². The molecule has 0 radical (unpaired) electrons. The summed E-state index contributed by atoms with van der Waals surface area (Å²) in [5, 5.41) is 23.1. The predicted octanol–water partition coefficient (Wildman–Crippen LogP) is 3.52. The normalized spacial score (nSPS) is 33.0. The van der Waals surface area contributed by atoms with Crippen LogP contribution in [0.5, 0.6) is 11.5 Å². The molecule has 2 bridgehead atoms. The average Bonchev–Trinajstić information content (AvgIpc) is 2.88. The summed E-state index contributed by atoms with van der Waals surface area (Å²) < 4.78 is 12.2. The van der Waals surface area contributed by atoms with Gasteiger partial charge >= 0.3 is 0 Å². The Bertz CT molecular complexity index is 799. The molecule has 1 heterocycles. The molecule has 0 amide bonds. The number of phenolic OH excluding ortho intramolecular Hbond substituents is 2. The van der Waals surface area contributed by atoms with E-state index < -0.39 is 5.79 Å². The first-order chi connectivity index (χ1) is 11.0. The average molecular weight is 310 g/mol. The maximum absolute atomic E-state index is 10.9. The summed E-state index contributed by atoms with van der Waals surface area (Å²) in [5.74, 6) is -0.349. The van der Waals surface area contributed by atoms with Crippen molar-refractivity contribution in [2.75, 3.05) is 0 Å². The van der Waals surface area contributed by atoms with E-state index in [1.165, 1.54) is 0 Å². The highest BCUT2D eigenvalue weighted by molar-refractivity contribution is 5.96. The Balaban J connectivity index is 1.82. The van der Waals surface area contributed by atoms with Gasteiger partial charge in [0.2, 0.25) is 0 Å². The molecule has 4 nitrogen and oxygen atoms in total. The molecule has 0 aromatic heterocycles.